The number of ether oxygens (including phenoxy) is 2. The second-order valence-electron chi connectivity index (χ2n) is 4.90. The molecule has 0 fully saturated rings. The highest BCUT2D eigenvalue weighted by Crippen LogP contribution is 2.22. The van der Waals surface area contributed by atoms with Gasteiger partial charge < -0.3 is 15.2 Å². The zero-order valence-corrected chi connectivity index (χ0v) is 15.3. The SMILES string of the molecule is CC.CC1=N/C(=C\c2cccc3ccccc23)C(=O)O1.COCCN. The van der Waals surface area contributed by atoms with Crippen LogP contribution in [0, 0.1) is 0 Å². The number of carbonyl (C=O) groups excluding carboxylic acids is 1. The van der Waals surface area contributed by atoms with E-state index in [4.69, 9.17) is 10.5 Å². The van der Waals surface area contributed by atoms with E-state index in [2.05, 4.69) is 9.73 Å². The second-order valence-corrected chi connectivity index (χ2v) is 4.90. The van der Waals surface area contributed by atoms with Crippen LogP contribution in [0.5, 0.6) is 0 Å². The smallest absolute Gasteiger partial charge is 0.363 e. The Kier molecular flexibility index (Phi) is 9.14. The van der Waals surface area contributed by atoms with Gasteiger partial charge in [-0.2, -0.15) is 0 Å². The van der Waals surface area contributed by atoms with Crippen LogP contribution in [0.1, 0.15) is 26.3 Å². The van der Waals surface area contributed by atoms with Gasteiger partial charge in [-0.15, -0.1) is 0 Å². The fourth-order valence-corrected chi connectivity index (χ4v) is 2.16. The highest BCUT2D eigenvalue weighted by Gasteiger charge is 2.19. The van der Waals surface area contributed by atoms with Crippen LogP contribution < -0.4 is 5.73 Å². The number of hydrogen-bond donors (Lipinski definition) is 1. The molecular formula is C20H26N2O3. The maximum absolute atomic E-state index is 11.5. The van der Waals surface area contributed by atoms with Crippen LogP contribution >= 0.6 is 0 Å². The fraction of sp³-hybridized carbons (Fsp3) is 0.300. The van der Waals surface area contributed by atoms with E-state index in [9.17, 15) is 4.79 Å². The Morgan fingerprint density at radius 3 is 2.40 bits per heavy atom. The number of aliphatic imine (C=N–C) groups is 1. The molecule has 25 heavy (non-hydrogen) atoms. The highest BCUT2D eigenvalue weighted by atomic mass is 16.6. The van der Waals surface area contributed by atoms with Gasteiger partial charge in [-0.25, -0.2) is 9.79 Å². The molecule has 0 amide bonds. The minimum absolute atomic E-state index is 0.351. The minimum atomic E-state index is -0.388. The molecule has 0 atom stereocenters. The molecule has 134 valence electrons. The van der Waals surface area contributed by atoms with Crippen LogP contribution in [0.25, 0.3) is 16.8 Å². The number of nitrogens with two attached hydrogens (primary N) is 1. The van der Waals surface area contributed by atoms with Gasteiger partial charge in [0.25, 0.3) is 0 Å². The Labute approximate surface area is 149 Å². The summed E-state index contributed by atoms with van der Waals surface area (Å²) >= 11 is 0. The van der Waals surface area contributed by atoms with Crippen molar-refractivity contribution in [2.45, 2.75) is 20.8 Å². The average Bonchev–Trinajstić information content (AvgIpc) is 2.95. The third kappa shape index (κ3) is 6.14. The van der Waals surface area contributed by atoms with E-state index in [1.54, 1.807) is 20.1 Å². The number of methoxy groups -OCH3 is 1. The first-order valence-corrected chi connectivity index (χ1v) is 8.31. The molecule has 5 nitrogen and oxygen atoms in total. The predicted octanol–water partition coefficient (Wildman–Crippen LogP) is 3.77. The Balaban J connectivity index is 0.000000388. The van der Waals surface area contributed by atoms with Crippen molar-refractivity contribution in [3.05, 3.63) is 53.7 Å². The third-order valence-corrected chi connectivity index (χ3v) is 3.16. The van der Waals surface area contributed by atoms with E-state index < -0.39 is 0 Å². The van der Waals surface area contributed by atoms with Crippen molar-refractivity contribution >= 4 is 28.7 Å². The highest BCUT2D eigenvalue weighted by molar-refractivity contribution is 6.07. The summed E-state index contributed by atoms with van der Waals surface area (Å²) in [6, 6.07) is 14.0. The Hall–Kier alpha value is -2.50. The number of cyclic esters (lactones) is 1. The van der Waals surface area contributed by atoms with E-state index in [0.717, 1.165) is 16.3 Å². The molecule has 0 saturated carbocycles. The van der Waals surface area contributed by atoms with E-state index in [-0.39, 0.29) is 5.97 Å². The summed E-state index contributed by atoms with van der Waals surface area (Å²) in [5.74, 6) is 0.00641. The van der Waals surface area contributed by atoms with Crippen molar-refractivity contribution < 1.29 is 14.3 Å². The third-order valence-electron chi connectivity index (χ3n) is 3.16. The van der Waals surface area contributed by atoms with Crippen molar-refractivity contribution in [1.29, 1.82) is 0 Å². The first kappa shape index (κ1) is 20.5. The summed E-state index contributed by atoms with van der Waals surface area (Å²) in [6.07, 6.45) is 1.77. The van der Waals surface area contributed by atoms with Gasteiger partial charge in [0.05, 0.1) is 6.61 Å². The molecule has 0 radical (unpaired) electrons. The molecule has 1 aliphatic rings. The molecule has 0 unspecified atom stereocenters. The van der Waals surface area contributed by atoms with Gasteiger partial charge in [0, 0.05) is 20.6 Å². The number of carbonyl (C=O) groups is 1. The lowest BCUT2D eigenvalue weighted by Gasteiger charge is -2.01. The number of benzene rings is 2. The Morgan fingerprint density at radius 2 is 1.84 bits per heavy atom. The number of nitrogens with zero attached hydrogens (tertiary/aromatic N) is 1. The van der Waals surface area contributed by atoms with Crippen molar-refractivity contribution in [3.63, 3.8) is 0 Å². The number of fused-ring (bicyclic) bond motifs is 1. The Bertz CT molecular complexity index is 744. The van der Waals surface area contributed by atoms with Gasteiger partial charge in [-0.3, -0.25) is 0 Å². The van der Waals surface area contributed by atoms with E-state index in [1.807, 2.05) is 56.3 Å². The van der Waals surface area contributed by atoms with Crippen molar-refractivity contribution in [3.8, 4) is 0 Å². The van der Waals surface area contributed by atoms with Crippen molar-refractivity contribution in [2.75, 3.05) is 20.3 Å². The molecule has 0 bridgehead atoms. The summed E-state index contributed by atoms with van der Waals surface area (Å²) in [4.78, 5) is 15.6. The molecule has 1 heterocycles. The zero-order chi connectivity index (χ0) is 18.7. The maximum Gasteiger partial charge on any atom is 0.363 e. The molecule has 0 spiro atoms. The van der Waals surface area contributed by atoms with Crippen LogP contribution in [0.2, 0.25) is 0 Å². The monoisotopic (exact) mass is 342 g/mol. The van der Waals surface area contributed by atoms with Gasteiger partial charge in [-0.1, -0.05) is 56.3 Å². The molecule has 5 heteroatoms. The van der Waals surface area contributed by atoms with Gasteiger partial charge in [0.1, 0.15) is 0 Å². The molecule has 0 aliphatic carbocycles. The molecule has 2 aromatic rings. The van der Waals surface area contributed by atoms with Crippen molar-refractivity contribution in [1.82, 2.24) is 0 Å². The molecule has 1 aliphatic heterocycles. The van der Waals surface area contributed by atoms with Crippen molar-refractivity contribution in [2.24, 2.45) is 10.7 Å². The van der Waals surface area contributed by atoms with Crippen LogP contribution in [0.15, 0.2) is 53.2 Å². The van der Waals surface area contributed by atoms with E-state index in [0.29, 0.717) is 24.7 Å². The largest absolute Gasteiger partial charge is 0.407 e. The average molecular weight is 342 g/mol. The number of rotatable bonds is 3. The summed E-state index contributed by atoms with van der Waals surface area (Å²) in [6.45, 7) is 6.96. The van der Waals surface area contributed by atoms with Gasteiger partial charge >= 0.3 is 5.97 Å². The summed E-state index contributed by atoms with van der Waals surface area (Å²) in [5.41, 5.74) is 6.34. The van der Waals surface area contributed by atoms with Gasteiger partial charge in [-0.05, 0) is 22.4 Å². The predicted molar refractivity (Wildman–Crippen MR) is 103 cm³/mol. The van der Waals surface area contributed by atoms with Gasteiger partial charge in [0.2, 0.25) is 0 Å². The standard InChI is InChI=1S/C15H11NO2.C3H9NO.C2H6/c1-10-16-14(15(17)18-10)9-12-7-4-6-11-5-2-3-8-13(11)12;1-5-3-2-4;1-2/h2-9H,1H3;2-4H2,1H3;1-2H3/b14-9-;;. The van der Waals surface area contributed by atoms with E-state index in [1.165, 1.54) is 0 Å². The van der Waals surface area contributed by atoms with Crippen LogP contribution in [0.4, 0.5) is 0 Å². The lowest BCUT2D eigenvalue weighted by molar-refractivity contribution is -0.130. The quantitative estimate of drug-likeness (QED) is 0.680. The number of hydrogen-bond acceptors (Lipinski definition) is 5. The van der Waals surface area contributed by atoms with Crippen LogP contribution in [-0.4, -0.2) is 32.1 Å². The lowest BCUT2D eigenvalue weighted by Crippen LogP contribution is -2.05. The van der Waals surface area contributed by atoms with Crippen LogP contribution in [0.3, 0.4) is 0 Å². The summed E-state index contributed by atoms with van der Waals surface area (Å²) in [5, 5.41) is 2.24. The molecule has 2 aromatic carbocycles. The Morgan fingerprint density at radius 1 is 1.16 bits per heavy atom. The van der Waals surface area contributed by atoms with E-state index >= 15 is 0 Å². The summed E-state index contributed by atoms with van der Waals surface area (Å²) < 4.78 is 9.47. The number of esters is 1. The fourth-order valence-electron chi connectivity index (χ4n) is 2.16. The molecule has 3 rings (SSSR count). The molecular weight excluding hydrogens is 316 g/mol. The normalized spacial score (nSPS) is 14.2. The lowest BCUT2D eigenvalue weighted by atomic mass is 10.0. The van der Waals surface area contributed by atoms with Gasteiger partial charge in [0.15, 0.2) is 11.6 Å². The van der Waals surface area contributed by atoms with Crippen LogP contribution in [-0.2, 0) is 14.3 Å². The molecule has 2 N–H and O–H groups in total. The second kappa shape index (κ2) is 11.1. The molecule has 0 saturated heterocycles. The zero-order valence-electron chi connectivity index (χ0n) is 15.3. The first-order valence-electron chi connectivity index (χ1n) is 8.31. The molecule has 0 aromatic heterocycles. The first-order chi connectivity index (χ1) is 12.2. The minimum Gasteiger partial charge on any atom is -0.407 e. The topological polar surface area (TPSA) is 73.9 Å². The maximum atomic E-state index is 11.5. The summed E-state index contributed by atoms with van der Waals surface area (Å²) in [7, 11) is 1.63.